The molecule has 5 nitrogen and oxygen atoms in total. The maximum atomic E-state index is 4.51. The van der Waals surface area contributed by atoms with Crippen molar-refractivity contribution in [3.8, 4) is 11.3 Å². The molecular weight excluding hydrogens is 238 g/mol. The van der Waals surface area contributed by atoms with E-state index in [1.54, 1.807) is 0 Å². The SMILES string of the molecule is CNCc1c(-c2ccc3nc(C)[nH]c3c2)ncn1C. The van der Waals surface area contributed by atoms with Crippen LogP contribution in [0.2, 0.25) is 0 Å². The highest BCUT2D eigenvalue weighted by molar-refractivity contribution is 5.81. The van der Waals surface area contributed by atoms with E-state index in [4.69, 9.17) is 0 Å². The van der Waals surface area contributed by atoms with Crippen molar-refractivity contribution in [3.63, 3.8) is 0 Å². The number of nitrogens with one attached hydrogen (secondary N) is 2. The lowest BCUT2D eigenvalue weighted by Gasteiger charge is -2.05. The monoisotopic (exact) mass is 255 g/mol. The molecule has 3 rings (SSSR count). The normalized spacial score (nSPS) is 11.3. The first-order valence-electron chi connectivity index (χ1n) is 6.30. The number of fused-ring (bicyclic) bond motifs is 1. The Balaban J connectivity index is 2.13. The fraction of sp³-hybridized carbons (Fsp3) is 0.286. The second kappa shape index (κ2) is 4.51. The Bertz CT molecular complexity index is 723. The number of H-pyrrole nitrogens is 1. The lowest BCUT2D eigenvalue weighted by molar-refractivity contribution is 0.735. The van der Waals surface area contributed by atoms with E-state index >= 15 is 0 Å². The first-order chi connectivity index (χ1) is 9.19. The molecule has 3 aromatic rings. The van der Waals surface area contributed by atoms with E-state index in [1.165, 1.54) is 5.69 Å². The lowest BCUT2D eigenvalue weighted by Crippen LogP contribution is -2.09. The van der Waals surface area contributed by atoms with Gasteiger partial charge < -0.3 is 14.9 Å². The minimum atomic E-state index is 0.797. The predicted molar refractivity (Wildman–Crippen MR) is 75.8 cm³/mol. The molecule has 0 saturated heterocycles. The topological polar surface area (TPSA) is 58.5 Å². The van der Waals surface area contributed by atoms with E-state index in [1.807, 2.05) is 38.0 Å². The maximum Gasteiger partial charge on any atom is 0.104 e. The van der Waals surface area contributed by atoms with Crippen LogP contribution >= 0.6 is 0 Å². The molecule has 5 heteroatoms. The number of hydrogen-bond donors (Lipinski definition) is 2. The van der Waals surface area contributed by atoms with Crippen LogP contribution in [0.1, 0.15) is 11.5 Å². The fourth-order valence-electron chi connectivity index (χ4n) is 2.36. The standard InChI is InChI=1S/C14H17N5/c1-9-17-11-5-4-10(6-12(11)18-9)14-13(7-15-2)19(3)8-16-14/h4-6,8,15H,7H2,1-3H3,(H,17,18). The lowest BCUT2D eigenvalue weighted by atomic mass is 10.1. The Kier molecular flexibility index (Phi) is 2.83. The summed E-state index contributed by atoms with van der Waals surface area (Å²) in [6.07, 6.45) is 1.85. The molecule has 0 aliphatic heterocycles. The minimum absolute atomic E-state index is 0.797. The summed E-state index contributed by atoms with van der Waals surface area (Å²) in [5, 5.41) is 3.18. The minimum Gasteiger partial charge on any atom is -0.342 e. The maximum absolute atomic E-state index is 4.51. The van der Waals surface area contributed by atoms with Gasteiger partial charge in [-0.05, 0) is 26.1 Å². The smallest absolute Gasteiger partial charge is 0.104 e. The molecule has 0 fully saturated rings. The Morgan fingerprint density at radius 1 is 1.37 bits per heavy atom. The highest BCUT2D eigenvalue weighted by Crippen LogP contribution is 2.25. The molecule has 2 heterocycles. The van der Waals surface area contributed by atoms with Gasteiger partial charge in [-0.1, -0.05) is 6.07 Å². The Hall–Kier alpha value is -2.14. The summed E-state index contributed by atoms with van der Waals surface area (Å²) in [4.78, 5) is 12.2. The van der Waals surface area contributed by atoms with Crippen LogP contribution < -0.4 is 5.32 Å². The Morgan fingerprint density at radius 2 is 2.21 bits per heavy atom. The van der Waals surface area contributed by atoms with Gasteiger partial charge in [0.15, 0.2) is 0 Å². The van der Waals surface area contributed by atoms with Gasteiger partial charge in [-0.15, -0.1) is 0 Å². The molecule has 0 saturated carbocycles. The van der Waals surface area contributed by atoms with Crippen LogP contribution in [0, 0.1) is 6.92 Å². The van der Waals surface area contributed by atoms with E-state index in [-0.39, 0.29) is 0 Å². The molecule has 2 aromatic heterocycles. The molecule has 2 N–H and O–H groups in total. The van der Waals surface area contributed by atoms with E-state index in [0.29, 0.717) is 0 Å². The van der Waals surface area contributed by atoms with Crippen LogP contribution in [0.3, 0.4) is 0 Å². The largest absolute Gasteiger partial charge is 0.342 e. The molecule has 0 aliphatic rings. The number of aromatic nitrogens is 4. The fourth-order valence-corrected chi connectivity index (χ4v) is 2.36. The van der Waals surface area contributed by atoms with Crippen LogP contribution in [0.4, 0.5) is 0 Å². The predicted octanol–water partition coefficient (Wildman–Crippen LogP) is 1.99. The number of aryl methyl sites for hydroxylation is 2. The first kappa shape index (κ1) is 11.9. The van der Waals surface area contributed by atoms with Crippen molar-refractivity contribution in [1.82, 2.24) is 24.8 Å². The number of nitrogens with zero attached hydrogens (tertiary/aromatic N) is 3. The van der Waals surface area contributed by atoms with Gasteiger partial charge in [-0.3, -0.25) is 0 Å². The highest BCUT2D eigenvalue weighted by atomic mass is 15.1. The molecule has 0 amide bonds. The van der Waals surface area contributed by atoms with Crippen LogP contribution in [0.15, 0.2) is 24.5 Å². The van der Waals surface area contributed by atoms with Gasteiger partial charge in [0, 0.05) is 19.2 Å². The van der Waals surface area contributed by atoms with Gasteiger partial charge in [-0.2, -0.15) is 0 Å². The van der Waals surface area contributed by atoms with Gasteiger partial charge in [0.25, 0.3) is 0 Å². The van der Waals surface area contributed by atoms with Gasteiger partial charge >= 0.3 is 0 Å². The molecular formula is C14H17N5. The zero-order valence-corrected chi connectivity index (χ0v) is 11.4. The summed E-state index contributed by atoms with van der Waals surface area (Å²) in [5.41, 5.74) is 5.36. The third-order valence-corrected chi connectivity index (χ3v) is 3.28. The summed E-state index contributed by atoms with van der Waals surface area (Å²) >= 11 is 0. The zero-order valence-electron chi connectivity index (χ0n) is 11.4. The van der Waals surface area contributed by atoms with Crippen molar-refractivity contribution in [2.75, 3.05) is 7.05 Å². The Morgan fingerprint density at radius 3 is 3.00 bits per heavy atom. The molecule has 0 atom stereocenters. The van der Waals surface area contributed by atoms with Crippen molar-refractivity contribution in [2.45, 2.75) is 13.5 Å². The molecule has 0 unspecified atom stereocenters. The van der Waals surface area contributed by atoms with Crippen LogP contribution in [-0.2, 0) is 13.6 Å². The molecule has 0 radical (unpaired) electrons. The van der Waals surface area contributed by atoms with Crippen LogP contribution in [0.5, 0.6) is 0 Å². The average molecular weight is 255 g/mol. The summed E-state index contributed by atoms with van der Waals surface area (Å²) in [6, 6.07) is 6.22. The van der Waals surface area contributed by atoms with E-state index in [9.17, 15) is 0 Å². The summed E-state index contributed by atoms with van der Waals surface area (Å²) < 4.78 is 2.05. The molecule has 0 bridgehead atoms. The van der Waals surface area contributed by atoms with Gasteiger partial charge in [0.05, 0.1) is 28.7 Å². The number of benzene rings is 1. The third kappa shape index (κ3) is 2.02. The van der Waals surface area contributed by atoms with E-state index < -0.39 is 0 Å². The van der Waals surface area contributed by atoms with Crippen molar-refractivity contribution in [1.29, 1.82) is 0 Å². The van der Waals surface area contributed by atoms with E-state index in [2.05, 4.69) is 32.4 Å². The van der Waals surface area contributed by atoms with Gasteiger partial charge in [0.2, 0.25) is 0 Å². The molecule has 19 heavy (non-hydrogen) atoms. The summed E-state index contributed by atoms with van der Waals surface area (Å²) in [5.74, 6) is 0.934. The summed E-state index contributed by atoms with van der Waals surface area (Å²) in [6.45, 7) is 2.76. The van der Waals surface area contributed by atoms with Gasteiger partial charge in [-0.25, -0.2) is 9.97 Å². The molecule has 98 valence electrons. The summed E-state index contributed by atoms with van der Waals surface area (Å²) in [7, 11) is 3.96. The first-order valence-corrected chi connectivity index (χ1v) is 6.30. The average Bonchev–Trinajstić information content (AvgIpc) is 2.92. The highest BCUT2D eigenvalue weighted by Gasteiger charge is 2.11. The number of imidazole rings is 2. The number of rotatable bonds is 3. The quantitative estimate of drug-likeness (QED) is 0.752. The number of hydrogen-bond acceptors (Lipinski definition) is 3. The second-order valence-electron chi connectivity index (χ2n) is 4.74. The molecule has 0 spiro atoms. The molecule has 0 aliphatic carbocycles. The van der Waals surface area contributed by atoms with Crippen molar-refractivity contribution in [3.05, 3.63) is 36.0 Å². The van der Waals surface area contributed by atoms with Crippen molar-refractivity contribution < 1.29 is 0 Å². The van der Waals surface area contributed by atoms with Crippen molar-refractivity contribution in [2.24, 2.45) is 7.05 Å². The second-order valence-corrected chi connectivity index (χ2v) is 4.74. The number of aromatic amines is 1. The van der Waals surface area contributed by atoms with Crippen LogP contribution in [-0.4, -0.2) is 26.6 Å². The Labute approximate surface area is 111 Å². The zero-order chi connectivity index (χ0) is 13.4. The van der Waals surface area contributed by atoms with Crippen molar-refractivity contribution >= 4 is 11.0 Å². The van der Waals surface area contributed by atoms with Crippen LogP contribution in [0.25, 0.3) is 22.3 Å². The molecule has 1 aromatic carbocycles. The van der Waals surface area contributed by atoms with E-state index in [0.717, 1.165) is 34.7 Å². The van der Waals surface area contributed by atoms with Gasteiger partial charge in [0.1, 0.15) is 5.82 Å². The third-order valence-electron chi connectivity index (χ3n) is 3.28.